The van der Waals surface area contributed by atoms with Crippen molar-refractivity contribution >= 4 is 55.8 Å². The van der Waals surface area contributed by atoms with Gasteiger partial charge < -0.3 is 0 Å². The molecule has 1 fully saturated rings. The number of rotatable bonds is 4. The Hall–Kier alpha value is -1.66. The molecule has 1 amide bonds. The number of likely N-dealkylation sites (tertiary alicyclic amines) is 1. The molecule has 1 N–H and O–H groups in total. The molecule has 2 heterocycles. The molecule has 1 aliphatic heterocycles. The van der Waals surface area contributed by atoms with Gasteiger partial charge in [0, 0.05) is 11.6 Å². The molecule has 0 saturated carbocycles. The van der Waals surface area contributed by atoms with E-state index in [-0.39, 0.29) is 5.91 Å². The van der Waals surface area contributed by atoms with Crippen molar-refractivity contribution in [3.05, 3.63) is 57.6 Å². The summed E-state index contributed by atoms with van der Waals surface area (Å²) in [4.78, 5) is 19.5. The van der Waals surface area contributed by atoms with E-state index in [1.54, 1.807) is 18.2 Å². The van der Waals surface area contributed by atoms with Gasteiger partial charge in [0.2, 0.25) is 0 Å². The number of fused-ring (bicyclic) bond motifs is 1. The number of aromatic nitrogens is 1. The third kappa shape index (κ3) is 4.49. The van der Waals surface area contributed by atoms with Crippen LogP contribution in [0.4, 0.5) is 5.13 Å². The lowest BCUT2D eigenvalue weighted by Crippen LogP contribution is -2.32. The van der Waals surface area contributed by atoms with Crippen molar-refractivity contribution in [2.24, 2.45) is 5.92 Å². The number of carbonyl (C=O) groups excluding carboxylic acids is 1. The Kier molecular flexibility index (Phi) is 5.88. The van der Waals surface area contributed by atoms with Crippen LogP contribution in [0.3, 0.4) is 0 Å². The maximum atomic E-state index is 12.5. The van der Waals surface area contributed by atoms with Crippen LogP contribution in [-0.2, 0) is 6.54 Å². The van der Waals surface area contributed by atoms with Gasteiger partial charge in [0.05, 0.1) is 20.8 Å². The van der Waals surface area contributed by atoms with E-state index in [0.29, 0.717) is 20.7 Å². The van der Waals surface area contributed by atoms with Crippen LogP contribution in [0.2, 0.25) is 10.0 Å². The number of carbonyl (C=O) groups is 1. The number of hydrogen-bond donors (Lipinski definition) is 1. The number of halogens is 2. The van der Waals surface area contributed by atoms with Gasteiger partial charge >= 0.3 is 0 Å². The molecule has 3 aromatic rings. The number of nitrogens with one attached hydrogen (secondary N) is 1. The van der Waals surface area contributed by atoms with E-state index in [4.69, 9.17) is 23.2 Å². The largest absolute Gasteiger partial charge is 0.299 e. The average Bonchev–Trinajstić information content (AvgIpc) is 3.05. The molecule has 4 rings (SSSR count). The van der Waals surface area contributed by atoms with E-state index >= 15 is 0 Å². The van der Waals surface area contributed by atoms with Crippen LogP contribution in [0.25, 0.3) is 10.2 Å². The van der Waals surface area contributed by atoms with Gasteiger partial charge in [-0.1, -0.05) is 47.5 Å². The van der Waals surface area contributed by atoms with E-state index in [9.17, 15) is 4.79 Å². The quantitative estimate of drug-likeness (QED) is 0.541. The highest BCUT2D eigenvalue weighted by Crippen LogP contribution is 2.29. The zero-order valence-electron chi connectivity index (χ0n) is 15.5. The molecule has 0 aliphatic carbocycles. The van der Waals surface area contributed by atoms with Crippen LogP contribution in [0, 0.1) is 5.92 Å². The van der Waals surface area contributed by atoms with Gasteiger partial charge in [-0.2, -0.15) is 0 Å². The minimum absolute atomic E-state index is 0.289. The number of benzene rings is 2. The van der Waals surface area contributed by atoms with E-state index in [2.05, 4.69) is 34.3 Å². The highest BCUT2D eigenvalue weighted by molar-refractivity contribution is 7.22. The van der Waals surface area contributed by atoms with Crippen LogP contribution in [0.5, 0.6) is 0 Å². The molecule has 0 unspecified atom stereocenters. The Bertz CT molecular complexity index is 1010. The molecule has 7 heteroatoms. The van der Waals surface area contributed by atoms with Gasteiger partial charge in [-0.15, -0.1) is 0 Å². The Balaban J connectivity index is 1.47. The molecule has 28 heavy (non-hydrogen) atoms. The highest BCUT2D eigenvalue weighted by Gasteiger charge is 2.17. The number of anilines is 1. The number of thiazole rings is 1. The summed E-state index contributed by atoms with van der Waals surface area (Å²) in [7, 11) is 0. The first kappa shape index (κ1) is 19.6. The Morgan fingerprint density at radius 1 is 1.21 bits per heavy atom. The second-order valence-corrected chi connectivity index (χ2v) is 9.23. The summed E-state index contributed by atoms with van der Waals surface area (Å²) in [6.45, 7) is 5.60. The fraction of sp³-hybridized carbons (Fsp3) is 0.333. The molecule has 0 spiro atoms. The molecule has 0 radical (unpaired) electrons. The lowest BCUT2D eigenvalue weighted by Gasteiger charge is -2.30. The monoisotopic (exact) mass is 433 g/mol. The predicted octanol–water partition coefficient (Wildman–Crippen LogP) is 6.09. The summed E-state index contributed by atoms with van der Waals surface area (Å²) in [6, 6.07) is 11.2. The van der Waals surface area contributed by atoms with Crippen molar-refractivity contribution in [2.45, 2.75) is 26.3 Å². The third-order valence-electron chi connectivity index (χ3n) is 5.13. The molecule has 146 valence electrons. The minimum atomic E-state index is -0.289. The fourth-order valence-electron chi connectivity index (χ4n) is 3.44. The van der Waals surface area contributed by atoms with Crippen molar-refractivity contribution in [3.8, 4) is 0 Å². The first-order valence-corrected chi connectivity index (χ1v) is 10.9. The van der Waals surface area contributed by atoms with Crippen molar-refractivity contribution in [1.82, 2.24) is 9.88 Å². The molecule has 1 aliphatic rings. The summed E-state index contributed by atoms with van der Waals surface area (Å²) in [6.07, 6.45) is 2.54. The number of nitrogens with zero attached hydrogens (tertiary/aromatic N) is 2. The summed E-state index contributed by atoms with van der Waals surface area (Å²) in [5.41, 5.74) is 2.55. The van der Waals surface area contributed by atoms with Crippen molar-refractivity contribution < 1.29 is 4.79 Å². The smallest absolute Gasteiger partial charge is 0.258 e. The summed E-state index contributed by atoms with van der Waals surface area (Å²) < 4.78 is 1.07. The van der Waals surface area contributed by atoms with Crippen molar-refractivity contribution in [3.63, 3.8) is 0 Å². The Morgan fingerprint density at radius 3 is 2.75 bits per heavy atom. The van der Waals surface area contributed by atoms with Gasteiger partial charge in [0.15, 0.2) is 5.13 Å². The zero-order chi connectivity index (χ0) is 19.7. The van der Waals surface area contributed by atoms with Crippen LogP contribution in [0.15, 0.2) is 36.4 Å². The summed E-state index contributed by atoms with van der Waals surface area (Å²) in [5, 5.41) is 4.23. The maximum absolute atomic E-state index is 12.5. The van der Waals surface area contributed by atoms with Gasteiger partial charge in [-0.3, -0.25) is 15.0 Å². The van der Waals surface area contributed by atoms with Gasteiger partial charge in [0.25, 0.3) is 5.91 Å². The van der Waals surface area contributed by atoms with E-state index in [0.717, 1.165) is 35.8 Å². The lowest BCUT2D eigenvalue weighted by atomic mass is 9.99. The molecule has 1 aromatic heterocycles. The van der Waals surface area contributed by atoms with Crippen molar-refractivity contribution in [1.29, 1.82) is 0 Å². The normalized spacial score (nSPS) is 15.8. The predicted molar refractivity (Wildman–Crippen MR) is 118 cm³/mol. The topological polar surface area (TPSA) is 45.2 Å². The highest BCUT2D eigenvalue weighted by atomic mass is 35.5. The molecule has 1 saturated heterocycles. The number of piperidine rings is 1. The Labute approximate surface area is 178 Å². The number of amides is 1. The zero-order valence-corrected chi connectivity index (χ0v) is 17.9. The van der Waals surface area contributed by atoms with Crippen molar-refractivity contribution in [2.75, 3.05) is 18.4 Å². The van der Waals surface area contributed by atoms with E-state index in [1.807, 2.05) is 6.07 Å². The first-order chi connectivity index (χ1) is 13.5. The lowest BCUT2D eigenvalue weighted by molar-refractivity contribution is 0.102. The second-order valence-electron chi connectivity index (χ2n) is 7.36. The molecular formula is C21H21Cl2N3OS. The molecule has 4 nitrogen and oxygen atoms in total. The van der Waals surface area contributed by atoms with Gasteiger partial charge in [-0.05, 0) is 67.7 Å². The average molecular weight is 434 g/mol. The van der Waals surface area contributed by atoms with Crippen LogP contribution in [-0.4, -0.2) is 28.9 Å². The molecule has 2 aromatic carbocycles. The summed E-state index contributed by atoms with van der Waals surface area (Å²) in [5.74, 6) is 0.545. The molecule has 0 atom stereocenters. The Morgan fingerprint density at radius 2 is 2.00 bits per heavy atom. The van der Waals surface area contributed by atoms with Gasteiger partial charge in [0.1, 0.15) is 0 Å². The fourth-order valence-corrected chi connectivity index (χ4v) is 4.86. The maximum Gasteiger partial charge on any atom is 0.258 e. The van der Waals surface area contributed by atoms with Crippen LogP contribution < -0.4 is 5.32 Å². The third-order valence-corrected chi connectivity index (χ3v) is 6.61. The minimum Gasteiger partial charge on any atom is -0.299 e. The molecule has 0 bridgehead atoms. The molecular weight excluding hydrogens is 413 g/mol. The first-order valence-electron chi connectivity index (χ1n) is 9.36. The van der Waals surface area contributed by atoms with Crippen LogP contribution in [0.1, 0.15) is 35.7 Å². The van der Waals surface area contributed by atoms with Gasteiger partial charge in [-0.25, -0.2) is 4.98 Å². The van der Waals surface area contributed by atoms with E-state index in [1.165, 1.54) is 29.7 Å². The van der Waals surface area contributed by atoms with Crippen LogP contribution >= 0.6 is 34.5 Å². The standard InChI is InChI=1S/C21H21Cl2N3OS/c1-13-6-8-26(9-7-13)12-14-2-5-18-19(10-14)28-21(24-18)25-20(27)16-4-3-15(22)11-17(16)23/h2-5,10-11,13H,6-9,12H2,1H3,(H,24,25,27). The SMILES string of the molecule is CC1CCN(Cc2ccc3nc(NC(=O)c4ccc(Cl)cc4Cl)sc3c2)CC1. The van der Waals surface area contributed by atoms with E-state index < -0.39 is 0 Å². The number of hydrogen-bond acceptors (Lipinski definition) is 4. The second kappa shape index (κ2) is 8.37. The summed E-state index contributed by atoms with van der Waals surface area (Å²) >= 11 is 13.5.